The summed E-state index contributed by atoms with van der Waals surface area (Å²) in [7, 11) is -3.57. The number of rotatable bonds is 7. The number of hydrogen-bond donors (Lipinski definition) is 1. The van der Waals surface area contributed by atoms with E-state index in [1.54, 1.807) is 6.08 Å². The third-order valence-electron chi connectivity index (χ3n) is 1.72. The molecule has 0 amide bonds. The minimum Gasteiger partial charge on any atom is -0.321 e. The molecule has 0 aliphatic rings. The Morgan fingerprint density at radius 3 is 2.71 bits per heavy atom. The van der Waals surface area contributed by atoms with Crippen molar-refractivity contribution < 1.29 is 14.0 Å². The molecule has 0 aromatic rings. The lowest BCUT2D eigenvalue weighted by Crippen LogP contribution is -1.90. The molecule has 0 saturated carbocycles. The molecule has 0 aliphatic heterocycles. The molecule has 4 heteroatoms. The van der Waals surface area contributed by atoms with Crippen LogP contribution in [0.3, 0.4) is 0 Å². The predicted molar refractivity (Wildman–Crippen MR) is 59.3 cm³/mol. The molecule has 82 valence electrons. The summed E-state index contributed by atoms with van der Waals surface area (Å²) in [5.41, 5.74) is 0. The van der Waals surface area contributed by atoms with Gasteiger partial charge in [0.25, 0.3) is 0 Å². The van der Waals surface area contributed by atoms with Crippen molar-refractivity contribution in [2.75, 3.05) is 6.61 Å². The lowest BCUT2D eigenvalue weighted by atomic mass is 10.2. The van der Waals surface area contributed by atoms with Crippen molar-refractivity contribution in [3.63, 3.8) is 0 Å². The van der Waals surface area contributed by atoms with E-state index in [1.807, 2.05) is 6.08 Å². The summed E-state index contributed by atoms with van der Waals surface area (Å²) in [5, 5.41) is 0.180. The van der Waals surface area contributed by atoms with Gasteiger partial charge in [-0.1, -0.05) is 38.5 Å². The van der Waals surface area contributed by atoms with E-state index in [4.69, 9.17) is 4.52 Å². The number of allylic oxidation sites excluding steroid dienone is 2. The summed E-state index contributed by atoms with van der Waals surface area (Å²) in [5.74, 6) is 0. The van der Waals surface area contributed by atoms with Gasteiger partial charge >= 0.3 is 7.60 Å². The molecule has 0 fully saturated rings. The van der Waals surface area contributed by atoms with Crippen LogP contribution in [-0.4, -0.2) is 11.5 Å². The van der Waals surface area contributed by atoms with E-state index >= 15 is 0 Å². The fraction of sp³-hybridized carbons (Fsp3) is 0.600. The summed E-state index contributed by atoms with van der Waals surface area (Å²) in [6.45, 7) is 7.17. The van der Waals surface area contributed by atoms with Crippen LogP contribution in [0.4, 0.5) is 0 Å². The fourth-order valence-electron chi connectivity index (χ4n) is 0.762. The standard InChI is InChI=1S/C10H19O3P/c1-4-5-6-7-8-9-13-14(11,12)10(2)3/h7-8H,2,4-6,9H2,1,3H3,(H,11,12). The first kappa shape index (κ1) is 13.6. The Bertz CT molecular complexity index is 246. The molecular formula is C10H19O3P. The van der Waals surface area contributed by atoms with Gasteiger partial charge in [0.05, 0.1) is 6.61 Å². The van der Waals surface area contributed by atoms with Crippen LogP contribution < -0.4 is 0 Å². The molecular weight excluding hydrogens is 199 g/mol. The smallest absolute Gasteiger partial charge is 0.321 e. The van der Waals surface area contributed by atoms with E-state index in [9.17, 15) is 9.46 Å². The highest BCUT2D eigenvalue weighted by Gasteiger charge is 2.18. The fourth-order valence-corrected chi connectivity index (χ4v) is 1.27. The first-order valence-corrected chi connectivity index (χ1v) is 6.37. The molecule has 1 unspecified atom stereocenters. The van der Waals surface area contributed by atoms with Crippen molar-refractivity contribution >= 4 is 7.60 Å². The first-order chi connectivity index (χ1) is 6.50. The Labute approximate surface area is 86.0 Å². The second-order valence-corrected chi connectivity index (χ2v) is 5.23. The monoisotopic (exact) mass is 218 g/mol. The Morgan fingerprint density at radius 2 is 2.21 bits per heavy atom. The Morgan fingerprint density at radius 1 is 1.57 bits per heavy atom. The average Bonchev–Trinajstić information content (AvgIpc) is 2.10. The zero-order valence-electron chi connectivity index (χ0n) is 8.90. The highest BCUT2D eigenvalue weighted by Crippen LogP contribution is 2.49. The van der Waals surface area contributed by atoms with Gasteiger partial charge in [-0.2, -0.15) is 0 Å². The lowest BCUT2D eigenvalue weighted by molar-refractivity contribution is 0.294. The minimum atomic E-state index is -3.57. The van der Waals surface area contributed by atoms with E-state index in [0.717, 1.165) is 19.3 Å². The van der Waals surface area contributed by atoms with Crippen molar-refractivity contribution in [2.24, 2.45) is 0 Å². The van der Waals surface area contributed by atoms with Crippen LogP contribution in [0.2, 0.25) is 0 Å². The van der Waals surface area contributed by atoms with Crippen molar-refractivity contribution in [1.82, 2.24) is 0 Å². The molecule has 0 aliphatic carbocycles. The Kier molecular flexibility index (Phi) is 6.81. The van der Waals surface area contributed by atoms with E-state index in [0.29, 0.717) is 0 Å². The highest BCUT2D eigenvalue weighted by molar-refractivity contribution is 7.57. The molecule has 0 aromatic heterocycles. The van der Waals surface area contributed by atoms with Gasteiger partial charge in [0.1, 0.15) is 0 Å². The highest BCUT2D eigenvalue weighted by atomic mass is 31.2. The van der Waals surface area contributed by atoms with Crippen molar-refractivity contribution in [3.8, 4) is 0 Å². The van der Waals surface area contributed by atoms with E-state index in [-0.39, 0.29) is 11.9 Å². The lowest BCUT2D eigenvalue weighted by Gasteiger charge is -2.09. The van der Waals surface area contributed by atoms with Crippen LogP contribution in [0.15, 0.2) is 24.0 Å². The van der Waals surface area contributed by atoms with Crippen molar-refractivity contribution in [1.29, 1.82) is 0 Å². The Balaban J connectivity index is 3.68. The third kappa shape index (κ3) is 6.14. The van der Waals surface area contributed by atoms with Crippen molar-refractivity contribution in [2.45, 2.75) is 33.1 Å². The van der Waals surface area contributed by atoms with E-state index in [2.05, 4.69) is 13.5 Å². The molecule has 0 heterocycles. The maximum Gasteiger partial charge on any atom is 0.354 e. The molecule has 3 nitrogen and oxygen atoms in total. The molecule has 1 N–H and O–H groups in total. The summed E-state index contributed by atoms with van der Waals surface area (Å²) >= 11 is 0. The van der Waals surface area contributed by atoms with Crippen LogP contribution in [0.1, 0.15) is 33.1 Å². The van der Waals surface area contributed by atoms with Gasteiger partial charge in [-0.25, -0.2) is 0 Å². The molecule has 14 heavy (non-hydrogen) atoms. The molecule has 0 spiro atoms. The van der Waals surface area contributed by atoms with Gasteiger partial charge in [-0.05, 0) is 13.3 Å². The number of hydrogen-bond acceptors (Lipinski definition) is 2. The SMILES string of the molecule is C=C(C)P(=O)(O)OCC=CCCCC. The topological polar surface area (TPSA) is 46.5 Å². The van der Waals surface area contributed by atoms with Crippen LogP contribution in [0.5, 0.6) is 0 Å². The number of unbranched alkanes of at least 4 members (excludes halogenated alkanes) is 2. The predicted octanol–water partition coefficient (Wildman–Crippen LogP) is 3.47. The molecule has 0 rings (SSSR count). The maximum atomic E-state index is 11.2. The summed E-state index contributed by atoms with van der Waals surface area (Å²) in [6, 6.07) is 0. The molecule has 0 aromatic carbocycles. The Hall–Kier alpha value is -0.370. The minimum absolute atomic E-state index is 0.171. The van der Waals surface area contributed by atoms with Crippen LogP contribution in [0.25, 0.3) is 0 Å². The quantitative estimate of drug-likeness (QED) is 0.404. The summed E-state index contributed by atoms with van der Waals surface area (Å²) < 4.78 is 16.0. The molecule has 0 bridgehead atoms. The third-order valence-corrected chi connectivity index (χ3v) is 3.18. The normalized spacial score (nSPS) is 15.6. The van der Waals surface area contributed by atoms with Gasteiger partial charge in [-0.15, -0.1) is 0 Å². The molecule has 0 saturated heterocycles. The second-order valence-electron chi connectivity index (χ2n) is 3.17. The zero-order valence-corrected chi connectivity index (χ0v) is 9.80. The zero-order chi connectivity index (χ0) is 11.0. The van der Waals surface area contributed by atoms with Gasteiger partial charge in [-0.3, -0.25) is 4.57 Å². The van der Waals surface area contributed by atoms with Crippen molar-refractivity contribution in [3.05, 3.63) is 24.0 Å². The van der Waals surface area contributed by atoms with E-state index in [1.165, 1.54) is 6.92 Å². The molecule has 0 radical (unpaired) electrons. The van der Waals surface area contributed by atoms with Gasteiger partial charge < -0.3 is 9.42 Å². The first-order valence-electron chi connectivity index (χ1n) is 4.79. The van der Waals surface area contributed by atoms with Crippen LogP contribution in [-0.2, 0) is 9.09 Å². The van der Waals surface area contributed by atoms with Crippen LogP contribution >= 0.6 is 7.60 Å². The van der Waals surface area contributed by atoms with E-state index < -0.39 is 7.60 Å². The molecule has 1 atom stereocenters. The van der Waals surface area contributed by atoms with Gasteiger partial charge in [0, 0.05) is 5.31 Å². The summed E-state index contributed by atoms with van der Waals surface area (Å²) in [6.07, 6.45) is 7.00. The van der Waals surface area contributed by atoms with Crippen LogP contribution in [0, 0.1) is 0 Å². The second kappa shape index (κ2) is 6.99. The van der Waals surface area contributed by atoms with Gasteiger partial charge in [0.2, 0.25) is 0 Å². The average molecular weight is 218 g/mol. The summed E-state index contributed by atoms with van der Waals surface area (Å²) in [4.78, 5) is 9.19. The largest absolute Gasteiger partial charge is 0.354 e. The maximum absolute atomic E-state index is 11.2. The van der Waals surface area contributed by atoms with Gasteiger partial charge in [0.15, 0.2) is 0 Å².